The van der Waals surface area contributed by atoms with Gasteiger partial charge in [-0.05, 0) is 6.07 Å². The van der Waals surface area contributed by atoms with Crippen molar-refractivity contribution in [2.75, 3.05) is 6.26 Å². The number of pyridine rings is 1. The Labute approximate surface area is 119 Å². The summed E-state index contributed by atoms with van der Waals surface area (Å²) in [5.41, 5.74) is -1.10. The summed E-state index contributed by atoms with van der Waals surface area (Å²) in [6.45, 7) is 0. The lowest BCUT2D eigenvalue weighted by atomic mass is 10.2. The summed E-state index contributed by atoms with van der Waals surface area (Å²) in [5, 5.41) is 8.87. The highest BCUT2D eigenvalue weighted by Crippen LogP contribution is 2.24. The monoisotopic (exact) mass is 311 g/mol. The third kappa shape index (κ3) is 3.00. The molecule has 1 heterocycles. The molecule has 0 amide bonds. The lowest BCUT2D eigenvalue weighted by molar-refractivity contribution is 0.0691. The van der Waals surface area contributed by atoms with Crippen molar-refractivity contribution >= 4 is 15.8 Å². The lowest BCUT2D eigenvalue weighted by Crippen LogP contribution is -2.11. The van der Waals surface area contributed by atoms with Crippen LogP contribution in [0.15, 0.2) is 46.3 Å². The van der Waals surface area contributed by atoms with Crippen LogP contribution in [0.5, 0.6) is 0 Å². The van der Waals surface area contributed by atoms with E-state index < -0.39 is 27.2 Å². The summed E-state index contributed by atoms with van der Waals surface area (Å²) in [7, 11) is -3.79. The van der Waals surface area contributed by atoms with Crippen LogP contribution in [-0.2, 0) is 9.84 Å². The normalized spacial score (nSPS) is 11.3. The molecule has 0 spiro atoms. The molecule has 6 nitrogen and oxygen atoms in total. The van der Waals surface area contributed by atoms with E-state index in [2.05, 4.69) is 0 Å². The van der Waals surface area contributed by atoms with E-state index in [1.54, 1.807) is 0 Å². The molecule has 0 atom stereocenters. The fourth-order valence-corrected chi connectivity index (χ4v) is 2.66. The Morgan fingerprint density at radius 2 is 1.81 bits per heavy atom. The van der Waals surface area contributed by atoms with E-state index in [0.717, 1.165) is 18.4 Å². The number of hydrogen-bond donors (Lipinski definition) is 1. The molecule has 110 valence electrons. The van der Waals surface area contributed by atoms with E-state index in [1.165, 1.54) is 29.1 Å². The number of rotatable bonds is 3. The van der Waals surface area contributed by atoms with Gasteiger partial charge in [0.15, 0.2) is 15.3 Å². The van der Waals surface area contributed by atoms with Gasteiger partial charge in [0.2, 0.25) is 0 Å². The molecular formula is C13H10FNO5S. The number of carboxylic acid groups (broad SMARTS) is 1. The predicted molar refractivity (Wildman–Crippen MR) is 72.1 cm³/mol. The average molecular weight is 311 g/mol. The van der Waals surface area contributed by atoms with Gasteiger partial charge < -0.3 is 9.67 Å². The summed E-state index contributed by atoms with van der Waals surface area (Å²) in [6.07, 6.45) is 3.43. The molecule has 0 fully saturated rings. The fraction of sp³-hybridized carbons (Fsp3) is 0.0769. The van der Waals surface area contributed by atoms with Gasteiger partial charge in [-0.2, -0.15) is 0 Å². The molecule has 0 aliphatic carbocycles. The number of hydrogen-bond acceptors (Lipinski definition) is 4. The molecule has 0 aliphatic heterocycles. The molecule has 21 heavy (non-hydrogen) atoms. The van der Waals surface area contributed by atoms with Crippen LogP contribution in [0.2, 0.25) is 0 Å². The van der Waals surface area contributed by atoms with Gasteiger partial charge in [0, 0.05) is 36.8 Å². The second kappa shape index (κ2) is 5.13. The summed E-state index contributed by atoms with van der Waals surface area (Å²) in [5.74, 6) is -2.63. The van der Waals surface area contributed by atoms with E-state index in [0.29, 0.717) is 0 Å². The number of halogens is 1. The van der Waals surface area contributed by atoms with Crippen LogP contribution < -0.4 is 5.43 Å². The molecule has 1 aromatic heterocycles. The highest BCUT2D eigenvalue weighted by Gasteiger charge is 2.21. The number of carbonyl (C=O) groups is 1. The van der Waals surface area contributed by atoms with Gasteiger partial charge in [-0.15, -0.1) is 0 Å². The molecular weight excluding hydrogens is 301 g/mol. The fourth-order valence-electron chi connectivity index (χ4n) is 1.78. The Kier molecular flexibility index (Phi) is 3.65. The Hall–Kier alpha value is -2.48. The average Bonchev–Trinajstić information content (AvgIpc) is 2.37. The number of benzene rings is 1. The van der Waals surface area contributed by atoms with Crippen LogP contribution in [0.1, 0.15) is 10.4 Å². The first-order chi connectivity index (χ1) is 9.70. The minimum atomic E-state index is -3.79. The highest BCUT2D eigenvalue weighted by atomic mass is 32.2. The van der Waals surface area contributed by atoms with Crippen molar-refractivity contribution < 1.29 is 22.7 Å². The molecule has 0 radical (unpaired) electrons. The zero-order chi connectivity index (χ0) is 15.8. The minimum Gasteiger partial charge on any atom is -0.478 e. The predicted octanol–water partition coefficient (Wildman–Crippen LogP) is 1.08. The van der Waals surface area contributed by atoms with Crippen LogP contribution >= 0.6 is 0 Å². The molecule has 0 saturated carbocycles. The number of sulfone groups is 1. The smallest absolute Gasteiger partial charge is 0.338 e. The molecule has 0 unspecified atom stereocenters. The van der Waals surface area contributed by atoms with Crippen molar-refractivity contribution in [3.05, 3.63) is 58.3 Å². The van der Waals surface area contributed by atoms with E-state index in [-0.39, 0.29) is 16.0 Å². The minimum absolute atomic E-state index is 0.0694. The quantitative estimate of drug-likeness (QED) is 0.856. The van der Waals surface area contributed by atoms with E-state index in [1.807, 2.05) is 0 Å². The molecule has 8 heteroatoms. The first kappa shape index (κ1) is 14.9. The van der Waals surface area contributed by atoms with Crippen LogP contribution in [0.25, 0.3) is 5.69 Å². The second-order valence-electron chi connectivity index (χ2n) is 4.32. The van der Waals surface area contributed by atoms with Crippen molar-refractivity contribution in [2.45, 2.75) is 4.90 Å². The zero-order valence-electron chi connectivity index (χ0n) is 10.8. The zero-order valence-corrected chi connectivity index (χ0v) is 11.6. The van der Waals surface area contributed by atoms with Crippen molar-refractivity contribution in [3.63, 3.8) is 0 Å². The Morgan fingerprint density at radius 1 is 1.24 bits per heavy atom. The molecule has 2 rings (SSSR count). The summed E-state index contributed by atoms with van der Waals surface area (Å²) >= 11 is 0. The summed E-state index contributed by atoms with van der Waals surface area (Å²) < 4.78 is 38.6. The molecule has 1 N–H and O–H groups in total. The third-order valence-electron chi connectivity index (χ3n) is 2.76. The van der Waals surface area contributed by atoms with Gasteiger partial charge in [-0.25, -0.2) is 17.6 Å². The Balaban J connectivity index is 2.82. The Morgan fingerprint density at radius 3 is 2.29 bits per heavy atom. The highest BCUT2D eigenvalue weighted by molar-refractivity contribution is 7.90. The number of nitrogens with zero attached hydrogens (tertiary/aromatic N) is 1. The van der Waals surface area contributed by atoms with Gasteiger partial charge in [0.25, 0.3) is 0 Å². The van der Waals surface area contributed by atoms with Crippen LogP contribution in [0.4, 0.5) is 4.39 Å². The van der Waals surface area contributed by atoms with Crippen LogP contribution in [-0.4, -0.2) is 30.3 Å². The largest absolute Gasteiger partial charge is 0.478 e. The molecule has 0 aliphatic rings. The van der Waals surface area contributed by atoms with Crippen LogP contribution in [0, 0.1) is 5.82 Å². The summed E-state index contributed by atoms with van der Waals surface area (Å²) in [6, 6.07) is 3.93. The second-order valence-corrected chi connectivity index (χ2v) is 6.30. The van der Waals surface area contributed by atoms with Gasteiger partial charge in [0.05, 0.1) is 16.1 Å². The maximum atomic E-state index is 13.8. The van der Waals surface area contributed by atoms with Gasteiger partial charge >= 0.3 is 5.97 Å². The molecule has 0 saturated heterocycles. The number of carboxylic acids is 1. The maximum Gasteiger partial charge on any atom is 0.338 e. The van der Waals surface area contributed by atoms with Crippen molar-refractivity contribution in [1.29, 1.82) is 0 Å². The Bertz CT molecular complexity index is 865. The van der Waals surface area contributed by atoms with Crippen molar-refractivity contribution in [3.8, 4) is 5.69 Å². The lowest BCUT2D eigenvalue weighted by Gasteiger charge is -2.12. The van der Waals surface area contributed by atoms with Crippen molar-refractivity contribution in [1.82, 2.24) is 4.57 Å². The topological polar surface area (TPSA) is 93.4 Å². The summed E-state index contributed by atoms with van der Waals surface area (Å²) in [4.78, 5) is 21.6. The first-order valence-corrected chi connectivity index (χ1v) is 7.55. The first-order valence-electron chi connectivity index (χ1n) is 5.66. The van der Waals surface area contributed by atoms with E-state index >= 15 is 0 Å². The maximum absolute atomic E-state index is 13.8. The van der Waals surface area contributed by atoms with Gasteiger partial charge in [-0.1, -0.05) is 0 Å². The van der Waals surface area contributed by atoms with E-state index in [9.17, 15) is 22.4 Å². The van der Waals surface area contributed by atoms with Gasteiger partial charge in [-0.3, -0.25) is 4.79 Å². The van der Waals surface area contributed by atoms with E-state index in [4.69, 9.17) is 5.11 Å². The molecule has 0 bridgehead atoms. The molecule has 1 aromatic carbocycles. The van der Waals surface area contributed by atoms with Gasteiger partial charge in [0.1, 0.15) is 5.82 Å². The van der Waals surface area contributed by atoms with Crippen LogP contribution in [0.3, 0.4) is 0 Å². The third-order valence-corrected chi connectivity index (χ3v) is 3.88. The SMILES string of the molecule is CS(=O)(=O)c1cc(C(=O)O)c(F)cc1-n1ccc(=O)cc1. The molecule has 2 aromatic rings. The number of aromatic nitrogens is 1. The number of aromatic carboxylic acids is 1. The standard InChI is InChI=1S/C13H10FNO5S/c1-21(19,20)12-6-9(13(17)18)10(14)7-11(12)15-4-2-8(16)3-5-15/h2-7H,1H3,(H,17,18). The van der Waals surface area contributed by atoms with Crippen molar-refractivity contribution in [2.24, 2.45) is 0 Å².